The van der Waals surface area contributed by atoms with Crippen LogP contribution in [0.5, 0.6) is 11.6 Å². The van der Waals surface area contributed by atoms with E-state index in [0.717, 1.165) is 18.1 Å². The molecule has 1 aliphatic rings. The molecule has 112 valence electrons. The number of fused-ring (bicyclic) bond motifs is 1. The van der Waals surface area contributed by atoms with Crippen LogP contribution >= 0.6 is 0 Å². The number of hydrogen-bond donors (Lipinski definition) is 1. The second kappa shape index (κ2) is 4.99. The van der Waals surface area contributed by atoms with Gasteiger partial charge in [-0.1, -0.05) is 0 Å². The average molecular weight is 298 g/mol. The van der Waals surface area contributed by atoms with E-state index in [-0.39, 0.29) is 17.0 Å². The molecule has 0 atom stereocenters. The van der Waals surface area contributed by atoms with Gasteiger partial charge in [0.1, 0.15) is 28.9 Å². The fourth-order valence-electron chi connectivity index (χ4n) is 2.63. The average Bonchev–Trinajstić information content (AvgIpc) is 2.45. The Labute approximate surface area is 127 Å². The highest BCUT2D eigenvalue weighted by Gasteiger charge is 2.30. The third kappa shape index (κ3) is 2.48. The number of benzene rings is 1. The highest BCUT2D eigenvalue weighted by molar-refractivity contribution is 5.72. The molecule has 0 aliphatic carbocycles. The number of aromatic nitrogens is 1. The van der Waals surface area contributed by atoms with E-state index in [0.29, 0.717) is 23.4 Å². The van der Waals surface area contributed by atoms with Gasteiger partial charge in [0.2, 0.25) is 5.88 Å². The lowest BCUT2D eigenvalue weighted by atomic mass is 9.90. The lowest BCUT2D eigenvalue weighted by molar-refractivity contribution is 0.0785. The van der Waals surface area contributed by atoms with Crippen molar-refractivity contribution in [2.24, 2.45) is 0 Å². The third-order valence-corrected chi connectivity index (χ3v) is 3.79. The molecule has 3 rings (SSSR count). The number of phenolic OH excluding ortho intramolecular Hbond substituents is 1. The van der Waals surface area contributed by atoms with E-state index in [1.54, 1.807) is 6.07 Å². The van der Waals surface area contributed by atoms with Crippen LogP contribution in [-0.4, -0.2) is 15.7 Å². The SMILES string of the molecule is CC1(C)CCc2c(-c3ccc(O)cc3F)cc(C#N)nc2O1. The van der Waals surface area contributed by atoms with Gasteiger partial charge in [-0.05, 0) is 50.5 Å². The summed E-state index contributed by atoms with van der Waals surface area (Å²) in [5, 5.41) is 18.5. The molecule has 0 amide bonds. The van der Waals surface area contributed by atoms with Gasteiger partial charge in [-0.25, -0.2) is 9.37 Å². The van der Waals surface area contributed by atoms with Crippen molar-refractivity contribution in [1.82, 2.24) is 4.98 Å². The van der Waals surface area contributed by atoms with Crippen molar-refractivity contribution in [2.45, 2.75) is 32.3 Å². The molecule has 1 aromatic heterocycles. The van der Waals surface area contributed by atoms with E-state index in [1.165, 1.54) is 12.1 Å². The maximum Gasteiger partial charge on any atom is 0.218 e. The van der Waals surface area contributed by atoms with E-state index in [9.17, 15) is 9.50 Å². The molecule has 2 aromatic rings. The number of phenols is 1. The minimum atomic E-state index is -0.540. The van der Waals surface area contributed by atoms with Crippen molar-refractivity contribution in [3.05, 3.63) is 41.3 Å². The first kappa shape index (κ1) is 14.3. The van der Waals surface area contributed by atoms with Crippen molar-refractivity contribution in [1.29, 1.82) is 5.26 Å². The van der Waals surface area contributed by atoms with Crippen LogP contribution in [0.15, 0.2) is 24.3 Å². The molecule has 1 aromatic carbocycles. The summed E-state index contributed by atoms with van der Waals surface area (Å²) in [5.41, 5.74) is 1.53. The Morgan fingerprint density at radius 1 is 1.32 bits per heavy atom. The molecule has 5 heteroatoms. The molecular formula is C17H15FN2O2. The first-order valence-electron chi connectivity index (χ1n) is 7.01. The summed E-state index contributed by atoms with van der Waals surface area (Å²) >= 11 is 0. The van der Waals surface area contributed by atoms with Crippen molar-refractivity contribution < 1.29 is 14.2 Å². The maximum atomic E-state index is 14.2. The largest absolute Gasteiger partial charge is 0.508 e. The van der Waals surface area contributed by atoms with E-state index in [1.807, 2.05) is 19.9 Å². The summed E-state index contributed by atoms with van der Waals surface area (Å²) in [6.45, 7) is 3.91. The van der Waals surface area contributed by atoms with E-state index in [4.69, 9.17) is 10.00 Å². The van der Waals surface area contributed by atoms with Crippen LogP contribution in [0.2, 0.25) is 0 Å². The van der Waals surface area contributed by atoms with Crippen molar-refractivity contribution in [3.8, 4) is 28.8 Å². The number of halogens is 1. The number of pyridine rings is 1. The molecule has 0 fully saturated rings. The lowest BCUT2D eigenvalue weighted by Crippen LogP contribution is -2.33. The Morgan fingerprint density at radius 3 is 2.77 bits per heavy atom. The highest BCUT2D eigenvalue weighted by atomic mass is 19.1. The molecule has 0 radical (unpaired) electrons. The van der Waals surface area contributed by atoms with Gasteiger partial charge >= 0.3 is 0 Å². The fourth-order valence-corrected chi connectivity index (χ4v) is 2.63. The predicted molar refractivity (Wildman–Crippen MR) is 79.0 cm³/mol. The third-order valence-electron chi connectivity index (χ3n) is 3.79. The van der Waals surface area contributed by atoms with Crippen LogP contribution in [0, 0.1) is 17.1 Å². The standard InChI is InChI=1S/C17H15FN2O2/c1-17(2)6-5-13-14(7-10(9-19)20-16(13)22-17)12-4-3-11(21)8-15(12)18/h3-4,7-8,21H,5-6H2,1-2H3. The van der Waals surface area contributed by atoms with Crippen LogP contribution in [-0.2, 0) is 6.42 Å². The van der Waals surface area contributed by atoms with Crippen LogP contribution in [0.25, 0.3) is 11.1 Å². The second-order valence-electron chi connectivity index (χ2n) is 5.98. The molecule has 22 heavy (non-hydrogen) atoms. The summed E-state index contributed by atoms with van der Waals surface area (Å²) in [7, 11) is 0. The smallest absolute Gasteiger partial charge is 0.218 e. The molecule has 0 unspecified atom stereocenters. The molecule has 0 saturated carbocycles. The van der Waals surface area contributed by atoms with Crippen molar-refractivity contribution >= 4 is 0 Å². The van der Waals surface area contributed by atoms with Gasteiger partial charge < -0.3 is 9.84 Å². The van der Waals surface area contributed by atoms with Gasteiger partial charge in [-0.3, -0.25) is 0 Å². The zero-order valence-electron chi connectivity index (χ0n) is 12.4. The van der Waals surface area contributed by atoms with Crippen molar-refractivity contribution in [3.63, 3.8) is 0 Å². The van der Waals surface area contributed by atoms with Crippen LogP contribution in [0.1, 0.15) is 31.5 Å². The number of nitrogens with zero attached hydrogens (tertiary/aromatic N) is 2. The van der Waals surface area contributed by atoms with Crippen molar-refractivity contribution in [2.75, 3.05) is 0 Å². The van der Waals surface area contributed by atoms with Crippen LogP contribution in [0.3, 0.4) is 0 Å². The zero-order valence-corrected chi connectivity index (χ0v) is 12.4. The molecule has 4 nitrogen and oxygen atoms in total. The molecule has 1 aliphatic heterocycles. The van der Waals surface area contributed by atoms with Gasteiger partial charge in [0, 0.05) is 17.2 Å². The van der Waals surface area contributed by atoms with Crippen LogP contribution < -0.4 is 4.74 Å². The molecule has 1 N–H and O–H groups in total. The summed E-state index contributed by atoms with van der Waals surface area (Å²) in [6.07, 6.45) is 1.47. The van der Waals surface area contributed by atoms with Gasteiger partial charge in [-0.2, -0.15) is 5.26 Å². The first-order chi connectivity index (χ1) is 10.4. The maximum absolute atomic E-state index is 14.2. The molecular weight excluding hydrogens is 283 g/mol. The number of aromatic hydroxyl groups is 1. The molecule has 0 spiro atoms. The fraction of sp³-hybridized carbons (Fsp3) is 0.294. The first-order valence-corrected chi connectivity index (χ1v) is 7.01. The topological polar surface area (TPSA) is 66.1 Å². The van der Waals surface area contributed by atoms with Crippen LogP contribution in [0.4, 0.5) is 4.39 Å². The Hall–Kier alpha value is -2.61. The minimum Gasteiger partial charge on any atom is -0.508 e. The predicted octanol–water partition coefficient (Wildman–Crippen LogP) is 3.57. The number of nitriles is 1. The summed E-state index contributed by atoms with van der Waals surface area (Å²) in [4.78, 5) is 4.21. The molecule has 0 bridgehead atoms. The summed E-state index contributed by atoms with van der Waals surface area (Å²) in [6, 6.07) is 7.53. The lowest BCUT2D eigenvalue weighted by Gasteiger charge is -2.32. The van der Waals surface area contributed by atoms with Gasteiger partial charge in [0.15, 0.2) is 0 Å². The normalized spacial score (nSPS) is 15.5. The Bertz CT molecular complexity index is 794. The summed E-state index contributed by atoms with van der Waals surface area (Å²) < 4.78 is 20.0. The minimum absolute atomic E-state index is 0.137. The quantitative estimate of drug-likeness (QED) is 0.874. The second-order valence-corrected chi connectivity index (χ2v) is 5.98. The number of hydrogen-bond acceptors (Lipinski definition) is 4. The van der Waals surface area contributed by atoms with Gasteiger partial charge in [0.25, 0.3) is 0 Å². The number of ether oxygens (including phenoxy) is 1. The Kier molecular flexibility index (Phi) is 3.25. The Balaban J connectivity index is 2.22. The monoisotopic (exact) mass is 298 g/mol. The van der Waals surface area contributed by atoms with E-state index >= 15 is 0 Å². The van der Waals surface area contributed by atoms with E-state index in [2.05, 4.69) is 4.98 Å². The van der Waals surface area contributed by atoms with Gasteiger partial charge in [-0.15, -0.1) is 0 Å². The highest BCUT2D eigenvalue weighted by Crippen LogP contribution is 2.39. The number of rotatable bonds is 1. The van der Waals surface area contributed by atoms with E-state index < -0.39 is 5.82 Å². The van der Waals surface area contributed by atoms with Gasteiger partial charge in [0.05, 0.1) is 0 Å². The Morgan fingerprint density at radius 2 is 2.09 bits per heavy atom. The zero-order chi connectivity index (χ0) is 15.9. The molecule has 2 heterocycles. The summed E-state index contributed by atoms with van der Waals surface area (Å²) in [5.74, 6) is -0.290. The molecule has 0 saturated heterocycles.